The molecule has 94 valence electrons. The molecule has 3 aromatic rings. The van der Waals surface area contributed by atoms with E-state index in [1.165, 1.54) is 6.20 Å². The van der Waals surface area contributed by atoms with Crippen molar-refractivity contribution in [2.75, 3.05) is 5.32 Å². The molecule has 6 heteroatoms. The Morgan fingerprint density at radius 1 is 1.26 bits per heavy atom. The van der Waals surface area contributed by atoms with Crippen LogP contribution in [0.2, 0.25) is 5.02 Å². The van der Waals surface area contributed by atoms with Crippen LogP contribution < -0.4 is 5.32 Å². The van der Waals surface area contributed by atoms with E-state index < -0.39 is 0 Å². The molecule has 3 rings (SSSR count). The lowest BCUT2D eigenvalue weighted by atomic mass is 10.2. The third-order valence-electron chi connectivity index (χ3n) is 2.66. The normalized spacial score (nSPS) is 10.6. The fraction of sp³-hybridized carbons (Fsp3) is 0. The fourth-order valence-electron chi connectivity index (χ4n) is 1.76. The van der Waals surface area contributed by atoms with Crippen molar-refractivity contribution in [2.24, 2.45) is 0 Å². The maximum atomic E-state index is 12.2. The van der Waals surface area contributed by atoms with Gasteiger partial charge in [-0.1, -0.05) is 17.7 Å². The summed E-state index contributed by atoms with van der Waals surface area (Å²) in [5.74, 6) is 0.0475. The summed E-state index contributed by atoms with van der Waals surface area (Å²) in [7, 11) is 0. The van der Waals surface area contributed by atoms with Crippen molar-refractivity contribution in [2.45, 2.75) is 0 Å². The summed E-state index contributed by atoms with van der Waals surface area (Å²) in [5.41, 5.74) is 1.20. The predicted molar refractivity (Wildman–Crippen MR) is 72.4 cm³/mol. The Morgan fingerprint density at radius 3 is 3.00 bits per heavy atom. The molecule has 0 aromatic carbocycles. The molecule has 0 fully saturated rings. The number of pyridine rings is 2. The van der Waals surface area contributed by atoms with Crippen LogP contribution in [0.25, 0.3) is 5.52 Å². The second-order valence-electron chi connectivity index (χ2n) is 3.88. The largest absolute Gasteiger partial charge is 0.305 e. The number of fused-ring (bicyclic) bond motifs is 1. The van der Waals surface area contributed by atoms with Gasteiger partial charge in [-0.05, 0) is 24.3 Å². The van der Waals surface area contributed by atoms with E-state index in [0.717, 1.165) is 5.52 Å². The van der Waals surface area contributed by atoms with E-state index in [0.29, 0.717) is 16.4 Å². The molecular formula is C13H9ClN4O. The van der Waals surface area contributed by atoms with Crippen molar-refractivity contribution in [3.63, 3.8) is 0 Å². The van der Waals surface area contributed by atoms with E-state index in [1.807, 2.05) is 18.2 Å². The Hall–Kier alpha value is -2.40. The molecule has 0 unspecified atom stereocenters. The first-order valence-electron chi connectivity index (χ1n) is 5.60. The molecule has 0 atom stereocenters. The van der Waals surface area contributed by atoms with Crippen LogP contribution in [0, 0.1) is 0 Å². The molecule has 0 saturated heterocycles. The predicted octanol–water partition coefficient (Wildman–Crippen LogP) is 2.64. The van der Waals surface area contributed by atoms with Crippen LogP contribution in [0.3, 0.4) is 0 Å². The van der Waals surface area contributed by atoms with Crippen LogP contribution in [0.1, 0.15) is 10.4 Å². The Kier molecular flexibility index (Phi) is 2.89. The van der Waals surface area contributed by atoms with E-state index in [4.69, 9.17) is 11.6 Å². The zero-order valence-electron chi connectivity index (χ0n) is 9.75. The summed E-state index contributed by atoms with van der Waals surface area (Å²) in [6, 6.07) is 8.88. The van der Waals surface area contributed by atoms with Gasteiger partial charge in [-0.15, -0.1) is 0 Å². The highest BCUT2D eigenvalue weighted by molar-refractivity contribution is 6.33. The Morgan fingerprint density at radius 2 is 2.16 bits per heavy atom. The third kappa shape index (κ3) is 2.15. The lowest BCUT2D eigenvalue weighted by Gasteiger charge is -2.04. The van der Waals surface area contributed by atoms with Gasteiger partial charge in [0.2, 0.25) is 0 Å². The second kappa shape index (κ2) is 4.70. The number of hydrogen-bond acceptors (Lipinski definition) is 3. The monoisotopic (exact) mass is 272 g/mol. The Bertz CT molecular complexity index is 753. The number of rotatable bonds is 2. The highest BCUT2D eigenvalue weighted by Crippen LogP contribution is 2.19. The number of halogens is 1. The smallest absolute Gasteiger partial charge is 0.260 e. The van der Waals surface area contributed by atoms with Crippen molar-refractivity contribution < 1.29 is 4.79 Å². The highest BCUT2D eigenvalue weighted by atomic mass is 35.5. The van der Waals surface area contributed by atoms with Crippen LogP contribution in [0.4, 0.5) is 5.82 Å². The zero-order valence-corrected chi connectivity index (χ0v) is 10.5. The molecule has 0 bridgehead atoms. The minimum Gasteiger partial charge on any atom is -0.305 e. The maximum absolute atomic E-state index is 12.2. The molecule has 0 aliphatic heterocycles. The first kappa shape index (κ1) is 11.7. The average Bonchev–Trinajstić information content (AvgIpc) is 2.85. The molecule has 0 radical (unpaired) electrons. The van der Waals surface area contributed by atoms with Gasteiger partial charge in [-0.2, -0.15) is 5.10 Å². The summed E-state index contributed by atoms with van der Waals surface area (Å²) in [6.07, 6.45) is 4.86. The van der Waals surface area contributed by atoms with E-state index in [-0.39, 0.29) is 5.91 Å². The zero-order chi connectivity index (χ0) is 13.2. The van der Waals surface area contributed by atoms with E-state index in [2.05, 4.69) is 15.4 Å². The van der Waals surface area contributed by atoms with Gasteiger partial charge in [0.05, 0.1) is 22.3 Å². The molecule has 0 saturated carbocycles. The average molecular weight is 273 g/mol. The highest BCUT2D eigenvalue weighted by Gasteiger charge is 2.14. The SMILES string of the molecule is O=C(Nc1ncccc1Cl)c1cnn2ccccc12. The summed E-state index contributed by atoms with van der Waals surface area (Å²) >= 11 is 5.95. The molecule has 3 aromatic heterocycles. The molecule has 1 amide bonds. The van der Waals surface area contributed by atoms with E-state index in [1.54, 1.807) is 29.0 Å². The Labute approximate surface area is 113 Å². The molecule has 0 aliphatic carbocycles. The number of nitrogens with one attached hydrogen (secondary N) is 1. The quantitative estimate of drug-likeness (QED) is 0.780. The lowest BCUT2D eigenvalue weighted by molar-refractivity contribution is 0.102. The number of nitrogens with zero attached hydrogens (tertiary/aromatic N) is 3. The van der Waals surface area contributed by atoms with Crippen molar-refractivity contribution in [3.05, 3.63) is 59.5 Å². The summed E-state index contributed by atoms with van der Waals surface area (Å²) < 4.78 is 1.63. The van der Waals surface area contributed by atoms with Crippen LogP contribution >= 0.6 is 11.6 Å². The van der Waals surface area contributed by atoms with Gasteiger partial charge in [0.15, 0.2) is 5.82 Å². The Balaban J connectivity index is 1.95. The van der Waals surface area contributed by atoms with E-state index in [9.17, 15) is 4.79 Å². The summed E-state index contributed by atoms with van der Waals surface area (Å²) in [5, 5.41) is 7.17. The fourth-order valence-corrected chi connectivity index (χ4v) is 1.93. The van der Waals surface area contributed by atoms with Gasteiger partial charge in [0, 0.05) is 12.4 Å². The van der Waals surface area contributed by atoms with Gasteiger partial charge in [-0.3, -0.25) is 4.79 Å². The van der Waals surface area contributed by atoms with Crippen molar-refractivity contribution in [1.82, 2.24) is 14.6 Å². The maximum Gasteiger partial charge on any atom is 0.260 e. The van der Waals surface area contributed by atoms with Gasteiger partial charge < -0.3 is 5.32 Å². The van der Waals surface area contributed by atoms with Crippen LogP contribution in [0.5, 0.6) is 0 Å². The number of amides is 1. The third-order valence-corrected chi connectivity index (χ3v) is 2.97. The first-order valence-corrected chi connectivity index (χ1v) is 5.98. The molecule has 5 nitrogen and oxygen atoms in total. The number of hydrogen-bond donors (Lipinski definition) is 1. The number of anilines is 1. The van der Waals surface area contributed by atoms with Crippen LogP contribution in [-0.4, -0.2) is 20.5 Å². The van der Waals surface area contributed by atoms with Gasteiger partial charge in [-0.25, -0.2) is 9.50 Å². The van der Waals surface area contributed by atoms with Crippen molar-refractivity contribution >= 4 is 28.8 Å². The lowest BCUT2D eigenvalue weighted by Crippen LogP contribution is -2.13. The van der Waals surface area contributed by atoms with Crippen molar-refractivity contribution in [1.29, 1.82) is 0 Å². The molecule has 0 spiro atoms. The van der Waals surface area contributed by atoms with Crippen molar-refractivity contribution in [3.8, 4) is 0 Å². The number of aromatic nitrogens is 3. The summed E-state index contributed by atoms with van der Waals surface area (Å²) in [6.45, 7) is 0. The molecule has 3 heterocycles. The van der Waals surface area contributed by atoms with Gasteiger partial charge in [0.25, 0.3) is 5.91 Å². The molecule has 19 heavy (non-hydrogen) atoms. The second-order valence-corrected chi connectivity index (χ2v) is 4.28. The minimum atomic E-state index is -0.290. The number of carbonyl (C=O) groups is 1. The van der Waals surface area contributed by atoms with E-state index >= 15 is 0 Å². The van der Waals surface area contributed by atoms with Gasteiger partial charge >= 0.3 is 0 Å². The summed E-state index contributed by atoms with van der Waals surface area (Å²) in [4.78, 5) is 16.2. The molecule has 1 N–H and O–H groups in total. The van der Waals surface area contributed by atoms with Crippen LogP contribution in [0.15, 0.2) is 48.9 Å². The molecule has 0 aliphatic rings. The standard InChI is InChI=1S/C13H9ClN4O/c14-10-4-3-6-15-12(10)17-13(19)9-8-16-18-7-2-1-5-11(9)18/h1-8H,(H,15,17,19). The minimum absolute atomic E-state index is 0.290. The molecular weight excluding hydrogens is 264 g/mol. The number of carbonyl (C=O) groups excluding carboxylic acids is 1. The van der Waals surface area contributed by atoms with Gasteiger partial charge in [0.1, 0.15) is 0 Å². The first-order chi connectivity index (χ1) is 9.25. The van der Waals surface area contributed by atoms with Crippen LogP contribution in [-0.2, 0) is 0 Å². The topological polar surface area (TPSA) is 59.3 Å².